The predicted molar refractivity (Wildman–Crippen MR) is 106 cm³/mol. The second-order valence-corrected chi connectivity index (χ2v) is 7.02. The van der Waals surface area contributed by atoms with E-state index in [1.807, 2.05) is 49.4 Å². The molecule has 0 saturated carbocycles. The Morgan fingerprint density at radius 2 is 1.85 bits per heavy atom. The molecule has 3 N–H and O–H groups in total. The molecule has 0 spiro atoms. The van der Waals surface area contributed by atoms with Crippen molar-refractivity contribution in [1.29, 1.82) is 0 Å². The van der Waals surface area contributed by atoms with E-state index < -0.39 is 0 Å². The van der Waals surface area contributed by atoms with Gasteiger partial charge in [0.05, 0.1) is 5.75 Å². The van der Waals surface area contributed by atoms with Gasteiger partial charge in [0.15, 0.2) is 11.5 Å². The second-order valence-electron chi connectivity index (χ2n) is 5.97. The number of nitrogens with zero attached hydrogens (tertiary/aromatic N) is 3. The van der Waals surface area contributed by atoms with Crippen molar-refractivity contribution >= 4 is 29.3 Å². The first kappa shape index (κ1) is 17.4. The highest BCUT2D eigenvalue weighted by Gasteiger charge is 2.13. The Bertz CT molecular complexity index is 967. The standard InChI is InChI=1S/C19H19N5O2S/c1-12-4-2-3-5-14(12)21-19-23-17(22-18(20)24-19)11-27-13-6-7-15-16(10-13)26-9-8-25-15/h2-7,10H,8-9,11H2,1H3,(H3,20,21,22,23,24). The smallest absolute Gasteiger partial charge is 0.232 e. The predicted octanol–water partition coefficient (Wildman–Crippen LogP) is 3.57. The van der Waals surface area contributed by atoms with Gasteiger partial charge in [-0.2, -0.15) is 15.0 Å². The monoisotopic (exact) mass is 381 g/mol. The molecule has 0 atom stereocenters. The van der Waals surface area contributed by atoms with Crippen molar-refractivity contribution in [1.82, 2.24) is 15.0 Å². The Kier molecular flexibility index (Phi) is 4.97. The molecule has 0 bridgehead atoms. The van der Waals surface area contributed by atoms with E-state index in [0.717, 1.165) is 27.6 Å². The number of aryl methyl sites for hydroxylation is 1. The van der Waals surface area contributed by atoms with Gasteiger partial charge in [-0.25, -0.2) is 0 Å². The number of nitrogens with one attached hydrogen (secondary N) is 1. The topological polar surface area (TPSA) is 95.2 Å². The molecule has 0 unspecified atom stereocenters. The minimum Gasteiger partial charge on any atom is -0.486 e. The molecule has 3 aromatic rings. The quantitative estimate of drug-likeness (QED) is 0.648. The van der Waals surface area contributed by atoms with Crippen molar-refractivity contribution in [2.45, 2.75) is 17.6 Å². The number of nitrogens with two attached hydrogens (primary N) is 1. The fourth-order valence-corrected chi connectivity index (χ4v) is 3.43. The second kappa shape index (κ2) is 7.71. The molecule has 0 saturated heterocycles. The summed E-state index contributed by atoms with van der Waals surface area (Å²) in [4.78, 5) is 14.0. The number of para-hydroxylation sites is 1. The van der Waals surface area contributed by atoms with Crippen LogP contribution >= 0.6 is 11.8 Å². The lowest BCUT2D eigenvalue weighted by molar-refractivity contribution is 0.171. The molecule has 0 amide bonds. The van der Waals surface area contributed by atoms with Crippen LogP contribution in [0.25, 0.3) is 0 Å². The minimum absolute atomic E-state index is 0.193. The van der Waals surface area contributed by atoms with Gasteiger partial charge in [0, 0.05) is 10.6 Å². The summed E-state index contributed by atoms with van der Waals surface area (Å²) >= 11 is 1.60. The Labute approximate surface area is 161 Å². The summed E-state index contributed by atoms with van der Waals surface area (Å²) in [5, 5.41) is 3.20. The zero-order valence-electron chi connectivity index (χ0n) is 14.8. The first-order valence-corrected chi connectivity index (χ1v) is 9.51. The van der Waals surface area contributed by atoms with E-state index in [9.17, 15) is 0 Å². The van der Waals surface area contributed by atoms with E-state index in [2.05, 4.69) is 20.3 Å². The largest absolute Gasteiger partial charge is 0.486 e. The molecule has 0 radical (unpaired) electrons. The van der Waals surface area contributed by atoms with E-state index in [4.69, 9.17) is 15.2 Å². The summed E-state index contributed by atoms with van der Waals surface area (Å²) < 4.78 is 11.2. The molecule has 2 aromatic carbocycles. The first-order chi connectivity index (χ1) is 13.2. The number of ether oxygens (including phenoxy) is 2. The summed E-state index contributed by atoms with van der Waals surface area (Å²) in [6.45, 7) is 3.17. The van der Waals surface area contributed by atoms with Crippen LogP contribution in [0.1, 0.15) is 11.4 Å². The van der Waals surface area contributed by atoms with Crippen LogP contribution in [0.2, 0.25) is 0 Å². The highest BCUT2D eigenvalue weighted by atomic mass is 32.2. The summed E-state index contributed by atoms with van der Waals surface area (Å²) in [5.41, 5.74) is 7.90. The maximum atomic E-state index is 5.86. The van der Waals surface area contributed by atoms with Gasteiger partial charge >= 0.3 is 0 Å². The maximum Gasteiger partial charge on any atom is 0.232 e. The van der Waals surface area contributed by atoms with Crippen LogP contribution in [-0.4, -0.2) is 28.2 Å². The molecule has 1 aliphatic heterocycles. The van der Waals surface area contributed by atoms with Gasteiger partial charge in [-0.05, 0) is 36.8 Å². The number of fused-ring (bicyclic) bond motifs is 1. The lowest BCUT2D eigenvalue weighted by atomic mass is 10.2. The molecule has 7 nitrogen and oxygen atoms in total. The third kappa shape index (κ3) is 4.22. The van der Waals surface area contributed by atoms with Crippen LogP contribution in [-0.2, 0) is 5.75 Å². The molecule has 27 heavy (non-hydrogen) atoms. The minimum atomic E-state index is 0.193. The van der Waals surface area contributed by atoms with E-state index in [1.54, 1.807) is 11.8 Å². The zero-order chi connectivity index (χ0) is 18.6. The number of hydrogen-bond acceptors (Lipinski definition) is 8. The van der Waals surface area contributed by atoms with E-state index in [-0.39, 0.29) is 5.95 Å². The Hall–Kier alpha value is -3.00. The number of benzene rings is 2. The first-order valence-electron chi connectivity index (χ1n) is 8.53. The number of hydrogen-bond donors (Lipinski definition) is 2. The maximum absolute atomic E-state index is 5.86. The van der Waals surface area contributed by atoms with E-state index >= 15 is 0 Å². The molecular formula is C19H19N5O2S. The number of nitrogen functional groups attached to an aromatic ring is 1. The van der Waals surface area contributed by atoms with Crippen molar-refractivity contribution in [3.05, 3.63) is 53.9 Å². The van der Waals surface area contributed by atoms with E-state index in [0.29, 0.717) is 30.7 Å². The third-order valence-corrected chi connectivity index (χ3v) is 4.96. The molecule has 138 valence electrons. The Morgan fingerprint density at radius 3 is 2.70 bits per heavy atom. The molecule has 8 heteroatoms. The summed E-state index contributed by atoms with van der Waals surface area (Å²) in [7, 11) is 0. The molecular weight excluding hydrogens is 362 g/mol. The molecule has 1 aliphatic rings. The zero-order valence-corrected chi connectivity index (χ0v) is 15.6. The Morgan fingerprint density at radius 1 is 1.04 bits per heavy atom. The van der Waals surface area contributed by atoms with Crippen molar-refractivity contribution in [2.75, 3.05) is 24.3 Å². The lowest BCUT2D eigenvalue weighted by Gasteiger charge is -2.18. The van der Waals surface area contributed by atoms with Crippen LogP contribution in [0.4, 0.5) is 17.6 Å². The van der Waals surface area contributed by atoms with Gasteiger partial charge in [-0.1, -0.05) is 18.2 Å². The highest BCUT2D eigenvalue weighted by molar-refractivity contribution is 7.98. The fraction of sp³-hybridized carbons (Fsp3) is 0.211. The summed E-state index contributed by atoms with van der Waals surface area (Å²) in [6.07, 6.45) is 0. The van der Waals surface area contributed by atoms with Crippen LogP contribution in [0.15, 0.2) is 47.4 Å². The average molecular weight is 381 g/mol. The van der Waals surface area contributed by atoms with Crippen molar-refractivity contribution in [3.8, 4) is 11.5 Å². The van der Waals surface area contributed by atoms with Gasteiger partial charge < -0.3 is 20.5 Å². The van der Waals surface area contributed by atoms with Crippen LogP contribution in [0, 0.1) is 6.92 Å². The van der Waals surface area contributed by atoms with Crippen LogP contribution < -0.4 is 20.5 Å². The van der Waals surface area contributed by atoms with Crippen LogP contribution in [0.3, 0.4) is 0 Å². The average Bonchev–Trinajstić information content (AvgIpc) is 2.68. The molecule has 0 aliphatic carbocycles. The fourth-order valence-electron chi connectivity index (χ4n) is 2.65. The molecule has 2 heterocycles. The van der Waals surface area contributed by atoms with E-state index in [1.165, 1.54) is 0 Å². The number of thioether (sulfide) groups is 1. The van der Waals surface area contributed by atoms with Gasteiger partial charge in [-0.3, -0.25) is 0 Å². The van der Waals surface area contributed by atoms with Gasteiger partial charge in [0.1, 0.15) is 19.0 Å². The number of anilines is 3. The molecule has 4 rings (SSSR count). The number of rotatable bonds is 5. The normalized spacial score (nSPS) is 12.6. The molecule has 0 fully saturated rings. The Balaban J connectivity index is 1.48. The van der Waals surface area contributed by atoms with Gasteiger partial charge in [0.2, 0.25) is 11.9 Å². The summed E-state index contributed by atoms with van der Waals surface area (Å²) in [6, 6.07) is 13.8. The molecule has 1 aromatic heterocycles. The SMILES string of the molecule is Cc1ccccc1Nc1nc(N)nc(CSc2ccc3c(c2)OCCO3)n1. The highest BCUT2D eigenvalue weighted by Crippen LogP contribution is 2.35. The third-order valence-electron chi connectivity index (χ3n) is 3.97. The van der Waals surface area contributed by atoms with Crippen molar-refractivity contribution in [3.63, 3.8) is 0 Å². The lowest BCUT2D eigenvalue weighted by Crippen LogP contribution is -2.15. The van der Waals surface area contributed by atoms with Crippen molar-refractivity contribution in [2.24, 2.45) is 0 Å². The number of aromatic nitrogens is 3. The van der Waals surface area contributed by atoms with Crippen molar-refractivity contribution < 1.29 is 9.47 Å². The van der Waals surface area contributed by atoms with Crippen LogP contribution in [0.5, 0.6) is 11.5 Å². The summed E-state index contributed by atoms with van der Waals surface area (Å²) in [5.74, 6) is 3.35. The van der Waals surface area contributed by atoms with Gasteiger partial charge in [-0.15, -0.1) is 11.8 Å². The van der Waals surface area contributed by atoms with Gasteiger partial charge in [0.25, 0.3) is 0 Å².